The van der Waals surface area contributed by atoms with Gasteiger partial charge in [-0.25, -0.2) is 0 Å². The van der Waals surface area contributed by atoms with E-state index in [1.165, 1.54) is 0 Å². The molecule has 1 aromatic heterocycles. The van der Waals surface area contributed by atoms with Crippen LogP contribution in [0.15, 0.2) is 0 Å². The summed E-state index contributed by atoms with van der Waals surface area (Å²) in [6.45, 7) is 10.7. The Labute approximate surface area is 108 Å². The largest absolute Gasteiger partial charge is 0.395 e. The molecule has 0 saturated carbocycles. The van der Waals surface area contributed by atoms with Gasteiger partial charge in [-0.1, -0.05) is 13.8 Å². The highest BCUT2D eigenvalue weighted by atomic mass is 16.2. The Bertz CT molecular complexity index is 397. The number of amides is 1. The van der Waals surface area contributed by atoms with Gasteiger partial charge in [0.15, 0.2) is 5.69 Å². The van der Waals surface area contributed by atoms with Crippen molar-refractivity contribution in [1.82, 2.24) is 20.4 Å². The normalized spacial score (nSPS) is 12.7. The van der Waals surface area contributed by atoms with Gasteiger partial charge in [-0.2, -0.15) is 5.10 Å². The summed E-state index contributed by atoms with van der Waals surface area (Å²) in [5, 5.41) is 9.53. The maximum atomic E-state index is 12.0. The third-order valence-electron chi connectivity index (χ3n) is 3.01. The van der Waals surface area contributed by atoms with Gasteiger partial charge in [0.05, 0.1) is 11.4 Å². The first-order valence-corrected chi connectivity index (χ1v) is 6.33. The molecule has 1 rings (SSSR count). The number of rotatable bonds is 6. The van der Waals surface area contributed by atoms with Gasteiger partial charge in [0.1, 0.15) is 0 Å². The number of carbonyl (C=O) groups excluding carboxylic acids is 1. The lowest BCUT2D eigenvalue weighted by Crippen LogP contribution is -2.42. The van der Waals surface area contributed by atoms with E-state index in [2.05, 4.69) is 34.3 Å². The number of nitrogen functional groups attached to an aromatic ring is 1. The Morgan fingerprint density at radius 2 is 2.11 bits per heavy atom. The summed E-state index contributed by atoms with van der Waals surface area (Å²) in [6, 6.07) is 0.0637. The zero-order chi connectivity index (χ0) is 13.7. The smallest absolute Gasteiger partial charge is 0.274 e. The predicted octanol–water partition coefficient (Wildman–Crippen LogP) is 0.760. The fraction of sp³-hybridized carbons (Fsp3) is 0.667. The van der Waals surface area contributed by atoms with Crippen molar-refractivity contribution in [3.63, 3.8) is 0 Å². The van der Waals surface area contributed by atoms with Crippen molar-refractivity contribution in [3.8, 4) is 0 Å². The molecule has 1 aromatic rings. The number of H-pyrrole nitrogens is 1. The number of hydrogen-bond acceptors (Lipinski definition) is 4. The number of nitrogens with zero attached hydrogens (tertiary/aromatic N) is 2. The molecule has 1 heterocycles. The van der Waals surface area contributed by atoms with Crippen LogP contribution < -0.4 is 11.1 Å². The van der Waals surface area contributed by atoms with Crippen LogP contribution in [0.3, 0.4) is 0 Å². The molecule has 4 N–H and O–H groups in total. The third-order valence-corrected chi connectivity index (χ3v) is 3.01. The van der Waals surface area contributed by atoms with Crippen LogP contribution in [0.4, 0.5) is 5.69 Å². The summed E-state index contributed by atoms with van der Waals surface area (Å²) in [7, 11) is 0. The minimum Gasteiger partial charge on any atom is -0.395 e. The Hall–Kier alpha value is -1.56. The molecule has 0 aliphatic heterocycles. The summed E-state index contributed by atoms with van der Waals surface area (Å²) in [5.41, 5.74) is 7.18. The van der Waals surface area contributed by atoms with Crippen LogP contribution in [-0.2, 0) is 0 Å². The van der Waals surface area contributed by atoms with Crippen molar-refractivity contribution in [2.24, 2.45) is 0 Å². The molecule has 0 aliphatic rings. The number of nitrogens with one attached hydrogen (secondary N) is 2. The second kappa shape index (κ2) is 6.39. The zero-order valence-corrected chi connectivity index (χ0v) is 11.6. The first kappa shape index (κ1) is 14.5. The predicted molar refractivity (Wildman–Crippen MR) is 72.5 cm³/mol. The minimum absolute atomic E-state index is 0.0637. The molecule has 18 heavy (non-hydrogen) atoms. The fourth-order valence-electron chi connectivity index (χ4n) is 1.82. The molecule has 0 fully saturated rings. The standard InChI is InChI=1S/C12H23N5O/c1-5-17(6-2)7-8(3)14-12(18)11-10(13)9(4)15-16-11/h8H,5-7,13H2,1-4H3,(H,14,18)(H,15,16). The molecular formula is C12H23N5O. The fourth-order valence-corrected chi connectivity index (χ4v) is 1.82. The Kier molecular flexibility index (Phi) is 5.15. The lowest BCUT2D eigenvalue weighted by Gasteiger charge is -2.23. The number of aromatic amines is 1. The molecule has 1 amide bonds. The molecule has 0 bridgehead atoms. The van der Waals surface area contributed by atoms with E-state index in [1.807, 2.05) is 6.92 Å². The second-order valence-corrected chi connectivity index (χ2v) is 4.47. The summed E-state index contributed by atoms with van der Waals surface area (Å²) < 4.78 is 0. The molecule has 0 spiro atoms. The lowest BCUT2D eigenvalue weighted by atomic mass is 10.2. The highest BCUT2D eigenvalue weighted by Crippen LogP contribution is 2.12. The zero-order valence-electron chi connectivity index (χ0n) is 11.6. The van der Waals surface area contributed by atoms with E-state index in [4.69, 9.17) is 5.73 Å². The third kappa shape index (κ3) is 3.46. The monoisotopic (exact) mass is 253 g/mol. The van der Waals surface area contributed by atoms with Crippen LogP contribution in [-0.4, -0.2) is 46.7 Å². The van der Waals surface area contributed by atoms with Gasteiger partial charge in [0.2, 0.25) is 0 Å². The van der Waals surface area contributed by atoms with Gasteiger partial charge in [-0.05, 0) is 26.9 Å². The van der Waals surface area contributed by atoms with Crippen molar-refractivity contribution in [2.45, 2.75) is 33.7 Å². The van der Waals surface area contributed by atoms with E-state index in [0.29, 0.717) is 5.69 Å². The first-order valence-electron chi connectivity index (χ1n) is 6.33. The summed E-state index contributed by atoms with van der Waals surface area (Å²) >= 11 is 0. The molecule has 0 aromatic carbocycles. The number of aryl methyl sites for hydroxylation is 1. The van der Waals surface area contributed by atoms with Gasteiger partial charge in [-0.15, -0.1) is 0 Å². The molecule has 0 aliphatic carbocycles. The molecule has 0 radical (unpaired) electrons. The lowest BCUT2D eigenvalue weighted by molar-refractivity contribution is 0.0926. The maximum absolute atomic E-state index is 12.0. The number of likely N-dealkylation sites (N-methyl/N-ethyl adjacent to an activating group) is 1. The van der Waals surface area contributed by atoms with E-state index in [9.17, 15) is 4.79 Å². The Balaban J connectivity index is 2.57. The number of anilines is 1. The van der Waals surface area contributed by atoms with E-state index >= 15 is 0 Å². The molecule has 6 nitrogen and oxygen atoms in total. The van der Waals surface area contributed by atoms with E-state index in [-0.39, 0.29) is 17.6 Å². The molecule has 1 atom stereocenters. The highest BCUT2D eigenvalue weighted by Gasteiger charge is 2.17. The van der Waals surface area contributed by atoms with Gasteiger partial charge in [0.25, 0.3) is 5.91 Å². The average molecular weight is 253 g/mol. The SMILES string of the molecule is CCN(CC)CC(C)NC(=O)c1n[nH]c(C)c1N. The van der Waals surface area contributed by atoms with Crippen LogP contribution in [0.5, 0.6) is 0 Å². The van der Waals surface area contributed by atoms with Gasteiger partial charge in [-0.3, -0.25) is 9.89 Å². The van der Waals surface area contributed by atoms with E-state index in [0.717, 1.165) is 25.3 Å². The Morgan fingerprint density at radius 3 is 2.56 bits per heavy atom. The quantitative estimate of drug-likeness (QED) is 0.698. The van der Waals surface area contributed by atoms with Gasteiger partial charge < -0.3 is 16.0 Å². The maximum Gasteiger partial charge on any atom is 0.274 e. The number of hydrogen-bond donors (Lipinski definition) is 3. The van der Waals surface area contributed by atoms with Gasteiger partial charge >= 0.3 is 0 Å². The van der Waals surface area contributed by atoms with Crippen molar-refractivity contribution in [3.05, 3.63) is 11.4 Å². The molecule has 0 saturated heterocycles. The van der Waals surface area contributed by atoms with Crippen LogP contribution >= 0.6 is 0 Å². The van der Waals surface area contributed by atoms with Crippen LogP contribution in [0, 0.1) is 6.92 Å². The number of aromatic nitrogens is 2. The second-order valence-electron chi connectivity index (χ2n) is 4.47. The minimum atomic E-state index is -0.225. The molecule has 102 valence electrons. The number of carbonyl (C=O) groups is 1. The van der Waals surface area contributed by atoms with Crippen LogP contribution in [0.1, 0.15) is 37.0 Å². The topological polar surface area (TPSA) is 87.0 Å². The van der Waals surface area contributed by atoms with Crippen LogP contribution in [0.2, 0.25) is 0 Å². The van der Waals surface area contributed by atoms with Gasteiger partial charge in [0, 0.05) is 12.6 Å². The van der Waals surface area contributed by atoms with Crippen molar-refractivity contribution >= 4 is 11.6 Å². The summed E-state index contributed by atoms with van der Waals surface area (Å²) in [4.78, 5) is 14.2. The average Bonchev–Trinajstić information content (AvgIpc) is 2.67. The van der Waals surface area contributed by atoms with E-state index in [1.54, 1.807) is 6.92 Å². The Morgan fingerprint density at radius 1 is 1.50 bits per heavy atom. The van der Waals surface area contributed by atoms with E-state index < -0.39 is 0 Å². The van der Waals surface area contributed by atoms with Crippen molar-refractivity contribution in [1.29, 1.82) is 0 Å². The number of nitrogens with two attached hydrogens (primary N) is 1. The first-order chi connectivity index (χ1) is 8.49. The molecular weight excluding hydrogens is 230 g/mol. The molecule has 1 unspecified atom stereocenters. The summed E-state index contributed by atoms with van der Waals surface area (Å²) in [6.07, 6.45) is 0. The summed E-state index contributed by atoms with van der Waals surface area (Å²) in [5.74, 6) is -0.225. The van der Waals surface area contributed by atoms with Crippen LogP contribution in [0.25, 0.3) is 0 Å². The highest BCUT2D eigenvalue weighted by molar-refractivity contribution is 5.97. The van der Waals surface area contributed by atoms with Crippen molar-refractivity contribution < 1.29 is 4.79 Å². The van der Waals surface area contributed by atoms with Crippen molar-refractivity contribution in [2.75, 3.05) is 25.4 Å². The molecule has 6 heteroatoms.